The maximum atomic E-state index is 13.3. The van der Waals surface area contributed by atoms with Crippen LogP contribution in [-0.4, -0.2) is 101 Å². The summed E-state index contributed by atoms with van der Waals surface area (Å²) in [4.78, 5) is 78.5. The third-order valence-electron chi connectivity index (χ3n) is 11.6. The average Bonchev–Trinajstić information content (AvgIpc) is 4.19. The lowest BCUT2D eigenvalue weighted by Crippen LogP contribution is -2.52. The molecule has 6 atom stereocenters. The van der Waals surface area contributed by atoms with Gasteiger partial charge in [0.05, 0.1) is 36.8 Å². The highest BCUT2D eigenvalue weighted by atomic mass is 35.5. The van der Waals surface area contributed by atoms with Crippen LogP contribution in [0.2, 0.25) is 0 Å². The van der Waals surface area contributed by atoms with Gasteiger partial charge in [0.15, 0.2) is 0 Å². The van der Waals surface area contributed by atoms with Crippen LogP contribution in [0.4, 0.5) is 0 Å². The molecule has 2 saturated heterocycles. The number of carbonyl (C=O) groups excluding carboxylic acids is 4. The van der Waals surface area contributed by atoms with E-state index in [1.54, 1.807) is 47.2 Å². The maximum absolute atomic E-state index is 13.3. The first-order chi connectivity index (χ1) is 31.2. The van der Waals surface area contributed by atoms with Crippen molar-refractivity contribution in [2.75, 3.05) is 13.1 Å². The lowest BCUT2D eigenvalue weighted by molar-refractivity contribution is -0.139. The average molecular weight is 1080 g/mol. The Morgan fingerprint density at radius 1 is 0.543 bits per heavy atom. The number of nitrogens with two attached hydrogens (primary N) is 2. The summed E-state index contributed by atoms with van der Waals surface area (Å²) < 4.78 is 0. The largest absolute Gasteiger partial charge is 0.348 e. The lowest BCUT2D eigenvalue weighted by Gasteiger charge is -2.28. The Labute approximate surface area is 445 Å². The van der Waals surface area contributed by atoms with Gasteiger partial charge < -0.3 is 41.9 Å². The normalized spacial score (nSPS) is 16.1. The number of carbonyl (C=O) groups is 4. The Hall–Kier alpha value is -5.30. The predicted octanol–water partition coefficient (Wildman–Crippen LogP) is 6.06. The van der Waals surface area contributed by atoms with Crippen LogP contribution in [0.5, 0.6) is 0 Å². The number of hydrogen-bond donors (Lipinski definition) is 6. The van der Waals surface area contributed by atoms with E-state index in [1.807, 2.05) is 97.1 Å². The first kappa shape index (κ1) is 62.7. The number of hydrogen-bond acceptors (Lipinski definition) is 10. The SMILES string of the molecule is Cl.Cl.Cl.Cl.Cl.Cl.NC(Cc1cnc[nH]1)C(=O)N1CCC[C@H]1C(=O)NC(Cc1ccccn1)c1ccccc1.NC(Cc1cnc[nH]1)C(=O)N1CCC[C@H]1C(=O)NC(Cc1ccccn1)c1ccccc1. The second-order valence-corrected chi connectivity index (χ2v) is 16.1. The third kappa shape index (κ3) is 17.5. The Bertz CT molecular complexity index is 2220. The molecule has 6 heterocycles. The summed E-state index contributed by atoms with van der Waals surface area (Å²) in [6, 6.07) is 28.2. The highest BCUT2D eigenvalue weighted by Crippen LogP contribution is 2.25. The smallest absolute Gasteiger partial charge is 0.243 e. The van der Waals surface area contributed by atoms with E-state index < -0.39 is 24.2 Å². The lowest BCUT2D eigenvalue weighted by atomic mass is 10.0. The molecule has 70 heavy (non-hydrogen) atoms. The van der Waals surface area contributed by atoms with Crippen LogP contribution < -0.4 is 22.1 Å². The van der Waals surface area contributed by atoms with E-state index in [4.69, 9.17) is 11.5 Å². The summed E-state index contributed by atoms with van der Waals surface area (Å²) in [5.74, 6) is -0.736. The van der Waals surface area contributed by atoms with Gasteiger partial charge in [-0.3, -0.25) is 29.1 Å². The van der Waals surface area contributed by atoms with Gasteiger partial charge in [0.25, 0.3) is 0 Å². The van der Waals surface area contributed by atoms with E-state index in [0.717, 1.165) is 46.7 Å². The maximum Gasteiger partial charge on any atom is 0.243 e. The molecule has 0 bridgehead atoms. The zero-order chi connectivity index (χ0) is 44.7. The van der Waals surface area contributed by atoms with Crippen molar-refractivity contribution in [3.63, 3.8) is 0 Å². The van der Waals surface area contributed by atoms with Crippen molar-refractivity contribution < 1.29 is 19.2 Å². The first-order valence-corrected chi connectivity index (χ1v) is 21.8. The fourth-order valence-electron chi connectivity index (χ4n) is 8.34. The van der Waals surface area contributed by atoms with Gasteiger partial charge in [0, 0.05) is 86.3 Å². The quantitative estimate of drug-likeness (QED) is 0.0656. The van der Waals surface area contributed by atoms with Gasteiger partial charge in [-0.1, -0.05) is 72.8 Å². The molecular formula is C48H62Cl6N12O4. The topological polar surface area (TPSA) is 234 Å². The standard InChI is InChI=1S/2C24H28N6O2.6ClH/c2*25-20(13-19-15-26-16-28-19)24(32)30-12-6-10-22(30)23(31)29-21(17-7-2-1-3-8-17)14-18-9-4-5-11-27-18;;;;;;/h2*1-5,7-9,11,15-16,20-22H,6,10,12-14,25H2,(H,26,28)(H,29,31);6*1H/t2*20?,21?,22-;;;;;;/m00....../s1. The van der Waals surface area contributed by atoms with Crippen LogP contribution in [0.3, 0.4) is 0 Å². The number of amides is 4. The van der Waals surface area contributed by atoms with E-state index in [9.17, 15) is 19.2 Å². The molecule has 2 aromatic carbocycles. The molecule has 380 valence electrons. The van der Waals surface area contributed by atoms with Crippen LogP contribution in [-0.2, 0) is 44.9 Å². The molecular weight excluding hydrogens is 1020 g/mol. The molecule has 0 spiro atoms. The van der Waals surface area contributed by atoms with Gasteiger partial charge in [-0.15, -0.1) is 74.4 Å². The number of pyridine rings is 2. The van der Waals surface area contributed by atoms with Crippen molar-refractivity contribution in [1.82, 2.24) is 50.3 Å². The number of likely N-dealkylation sites (tertiary alicyclic amines) is 2. The number of rotatable bonds is 16. The third-order valence-corrected chi connectivity index (χ3v) is 11.6. The molecule has 8 N–H and O–H groups in total. The van der Waals surface area contributed by atoms with Gasteiger partial charge in [-0.25, -0.2) is 9.97 Å². The number of benzene rings is 2. The summed E-state index contributed by atoms with van der Waals surface area (Å²) in [6.07, 6.45) is 14.6. The minimum Gasteiger partial charge on any atom is -0.348 e. The summed E-state index contributed by atoms with van der Waals surface area (Å²) in [7, 11) is 0. The number of halogens is 6. The summed E-state index contributed by atoms with van der Waals surface area (Å²) in [5, 5.41) is 6.33. The fourth-order valence-corrected chi connectivity index (χ4v) is 8.34. The number of nitrogens with one attached hydrogen (secondary N) is 4. The number of aromatic amines is 2. The summed E-state index contributed by atoms with van der Waals surface area (Å²) in [6.45, 7) is 1.06. The molecule has 2 fully saturated rings. The van der Waals surface area contributed by atoms with E-state index in [1.165, 1.54) is 0 Å². The number of nitrogens with zero attached hydrogens (tertiary/aromatic N) is 6. The van der Waals surface area contributed by atoms with Crippen molar-refractivity contribution in [3.05, 3.63) is 168 Å². The fraction of sp³-hybridized carbons (Fsp3) is 0.333. The van der Waals surface area contributed by atoms with Gasteiger partial charge in [0.2, 0.25) is 23.6 Å². The van der Waals surface area contributed by atoms with E-state index in [0.29, 0.717) is 51.6 Å². The Morgan fingerprint density at radius 3 is 1.24 bits per heavy atom. The van der Waals surface area contributed by atoms with Crippen molar-refractivity contribution in [1.29, 1.82) is 0 Å². The van der Waals surface area contributed by atoms with Gasteiger partial charge in [0.1, 0.15) is 12.1 Å². The minimum atomic E-state index is -0.720. The molecule has 8 rings (SSSR count). The van der Waals surface area contributed by atoms with E-state index >= 15 is 0 Å². The first-order valence-electron chi connectivity index (χ1n) is 21.8. The van der Waals surface area contributed by atoms with E-state index in [-0.39, 0.29) is 110 Å². The zero-order valence-electron chi connectivity index (χ0n) is 38.2. The molecule has 6 aromatic rings. The molecule has 0 radical (unpaired) electrons. The van der Waals surface area contributed by atoms with Crippen LogP contribution >= 0.6 is 74.4 Å². The zero-order valence-corrected chi connectivity index (χ0v) is 43.1. The predicted molar refractivity (Wildman–Crippen MR) is 284 cm³/mol. The molecule has 2 aliphatic heterocycles. The minimum absolute atomic E-state index is 0. The Kier molecular flexibility index (Phi) is 28.5. The molecule has 0 aliphatic carbocycles. The molecule has 4 amide bonds. The van der Waals surface area contributed by atoms with Gasteiger partial charge in [-0.2, -0.15) is 0 Å². The number of H-pyrrole nitrogens is 2. The summed E-state index contributed by atoms with van der Waals surface area (Å²) in [5.41, 5.74) is 17.7. The van der Waals surface area contributed by atoms with Crippen molar-refractivity contribution >= 4 is 98.1 Å². The van der Waals surface area contributed by atoms with E-state index in [2.05, 4.69) is 40.5 Å². The highest BCUT2D eigenvalue weighted by molar-refractivity contribution is 5.91. The Morgan fingerprint density at radius 2 is 0.914 bits per heavy atom. The molecule has 2 aliphatic rings. The molecule has 0 saturated carbocycles. The molecule has 16 nitrogen and oxygen atoms in total. The van der Waals surface area contributed by atoms with Gasteiger partial charge >= 0.3 is 0 Å². The van der Waals surface area contributed by atoms with Crippen molar-refractivity contribution in [3.8, 4) is 0 Å². The Balaban J connectivity index is 0.000000645. The molecule has 22 heteroatoms. The van der Waals surface area contributed by atoms with Crippen LogP contribution in [0, 0.1) is 0 Å². The second-order valence-electron chi connectivity index (χ2n) is 16.1. The van der Waals surface area contributed by atoms with Crippen LogP contribution in [0.1, 0.15) is 71.7 Å². The van der Waals surface area contributed by atoms with Crippen LogP contribution in [0.15, 0.2) is 135 Å². The van der Waals surface area contributed by atoms with Crippen molar-refractivity contribution in [2.24, 2.45) is 11.5 Å². The van der Waals surface area contributed by atoms with Crippen molar-refractivity contribution in [2.45, 2.75) is 87.6 Å². The number of aromatic nitrogens is 6. The summed E-state index contributed by atoms with van der Waals surface area (Å²) >= 11 is 0. The second kappa shape index (κ2) is 31.8. The molecule has 4 unspecified atom stereocenters. The molecule has 4 aromatic heterocycles. The van der Waals surface area contributed by atoms with Gasteiger partial charge in [-0.05, 0) is 61.1 Å². The number of imidazole rings is 2. The van der Waals surface area contributed by atoms with Crippen LogP contribution in [0.25, 0.3) is 0 Å². The monoisotopic (exact) mass is 1080 g/mol. The highest BCUT2D eigenvalue weighted by Gasteiger charge is 2.38.